The van der Waals surface area contributed by atoms with Gasteiger partial charge in [0.25, 0.3) is 0 Å². The molecule has 2 aliphatic rings. The maximum atomic E-state index is 12.1. The van der Waals surface area contributed by atoms with Crippen molar-refractivity contribution >= 4 is 6.03 Å². The Kier molecular flexibility index (Phi) is 4.66. The summed E-state index contributed by atoms with van der Waals surface area (Å²) in [6.07, 6.45) is 8.30. The van der Waals surface area contributed by atoms with Crippen LogP contribution in [-0.2, 0) is 4.74 Å². The summed E-state index contributed by atoms with van der Waals surface area (Å²) in [7, 11) is 1.74. The number of nitrogens with one attached hydrogen (secondary N) is 1. The lowest BCUT2D eigenvalue weighted by atomic mass is 10.2. The zero-order valence-corrected chi connectivity index (χ0v) is 10.8. The van der Waals surface area contributed by atoms with Crippen LogP contribution in [0.3, 0.4) is 0 Å². The van der Waals surface area contributed by atoms with Gasteiger partial charge in [-0.25, -0.2) is 4.79 Å². The number of carbonyl (C=O) groups is 1. The van der Waals surface area contributed by atoms with E-state index in [4.69, 9.17) is 4.74 Å². The summed E-state index contributed by atoms with van der Waals surface area (Å²) in [4.78, 5) is 14.1. The largest absolute Gasteiger partial charge is 0.379 e. The first kappa shape index (κ1) is 12.7. The predicted molar refractivity (Wildman–Crippen MR) is 67.0 cm³/mol. The predicted octanol–water partition coefficient (Wildman–Crippen LogP) is 2.14. The SMILES string of the molecule is COC1CCCC1NC(=O)N1CCCCCC1. The van der Waals surface area contributed by atoms with E-state index in [0.29, 0.717) is 0 Å². The van der Waals surface area contributed by atoms with Crippen molar-refractivity contribution in [3.63, 3.8) is 0 Å². The Morgan fingerprint density at radius 2 is 1.82 bits per heavy atom. The fraction of sp³-hybridized carbons (Fsp3) is 0.923. The highest BCUT2D eigenvalue weighted by Crippen LogP contribution is 2.22. The van der Waals surface area contributed by atoms with Gasteiger partial charge in [0.2, 0.25) is 0 Å². The Morgan fingerprint density at radius 3 is 2.47 bits per heavy atom. The van der Waals surface area contributed by atoms with Crippen LogP contribution in [0.15, 0.2) is 0 Å². The molecule has 0 aromatic carbocycles. The van der Waals surface area contributed by atoms with E-state index in [9.17, 15) is 4.79 Å². The van der Waals surface area contributed by atoms with Crippen molar-refractivity contribution in [1.82, 2.24) is 10.2 Å². The van der Waals surface area contributed by atoms with Crippen molar-refractivity contribution in [2.24, 2.45) is 0 Å². The van der Waals surface area contributed by atoms with Gasteiger partial charge in [-0.15, -0.1) is 0 Å². The molecule has 2 atom stereocenters. The Balaban J connectivity index is 1.82. The lowest BCUT2D eigenvalue weighted by Crippen LogP contribution is -2.48. The summed E-state index contributed by atoms with van der Waals surface area (Å²) in [5.74, 6) is 0. The summed E-state index contributed by atoms with van der Waals surface area (Å²) in [6, 6.07) is 0.330. The second-order valence-electron chi connectivity index (χ2n) is 5.16. The van der Waals surface area contributed by atoms with Crippen LogP contribution in [0.1, 0.15) is 44.9 Å². The second kappa shape index (κ2) is 6.24. The van der Waals surface area contributed by atoms with E-state index in [2.05, 4.69) is 5.32 Å². The number of rotatable bonds is 2. The maximum Gasteiger partial charge on any atom is 0.317 e. The van der Waals surface area contributed by atoms with E-state index >= 15 is 0 Å². The van der Waals surface area contributed by atoms with Crippen molar-refractivity contribution in [2.75, 3.05) is 20.2 Å². The molecule has 1 aliphatic heterocycles. The van der Waals surface area contributed by atoms with Gasteiger partial charge >= 0.3 is 6.03 Å². The molecule has 0 bridgehead atoms. The Hall–Kier alpha value is -0.770. The number of nitrogens with zero attached hydrogens (tertiary/aromatic N) is 1. The van der Waals surface area contributed by atoms with E-state index < -0.39 is 0 Å². The topological polar surface area (TPSA) is 41.6 Å². The Morgan fingerprint density at radius 1 is 1.12 bits per heavy atom. The summed E-state index contributed by atoms with van der Waals surface area (Å²) in [5.41, 5.74) is 0. The van der Waals surface area contributed by atoms with Crippen LogP contribution >= 0.6 is 0 Å². The normalized spacial score (nSPS) is 30.1. The number of carbonyl (C=O) groups excluding carboxylic acids is 1. The molecule has 4 heteroatoms. The monoisotopic (exact) mass is 240 g/mol. The summed E-state index contributed by atoms with van der Waals surface area (Å²) < 4.78 is 5.40. The number of hydrogen-bond donors (Lipinski definition) is 1. The van der Waals surface area contributed by atoms with Crippen LogP contribution in [0.25, 0.3) is 0 Å². The highest BCUT2D eigenvalue weighted by atomic mass is 16.5. The molecule has 98 valence electrons. The lowest BCUT2D eigenvalue weighted by molar-refractivity contribution is 0.0848. The zero-order chi connectivity index (χ0) is 12.1. The lowest BCUT2D eigenvalue weighted by Gasteiger charge is -2.25. The minimum absolute atomic E-state index is 0.112. The third-order valence-electron chi connectivity index (χ3n) is 3.96. The van der Waals surface area contributed by atoms with Crippen molar-refractivity contribution in [3.8, 4) is 0 Å². The average molecular weight is 240 g/mol. The molecule has 2 rings (SSSR count). The van der Waals surface area contributed by atoms with Crippen molar-refractivity contribution in [1.29, 1.82) is 0 Å². The van der Waals surface area contributed by atoms with Crippen LogP contribution in [0, 0.1) is 0 Å². The smallest absolute Gasteiger partial charge is 0.317 e. The van der Waals surface area contributed by atoms with E-state index in [-0.39, 0.29) is 18.2 Å². The van der Waals surface area contributed by atoms with E-state index in [1.807, 2.05) is 4.90 Å². The van der Waals surface area contributed by atoms with Crippen LogP contribution in [0.2, 0.25) is 0 Å². The first-order chi connectivity index (χ1) is 8.31. The molecule has 1 heterocycles. The number of urea groups is 1. The fourth-order valence-electron chi connectivity index (χ4n) is 2.90. The number of amides is 2. The molecule has 4 nitrogen and oxygen atoms in total. The Bertz CT molecular complexity index is 250. The standard InChI is InChI=1S/C13H24N2O2/c1-17-12-8-6-7-11(12)14-13(16)15-9-4-2-3-5-10-15/h11-12H,2-10H2,1H3,(H,14,16). The zero-order valence-electron chi connectivity index (χ0n) is 10.8. The van der Waals surface area contributed by atoms with E-state index in [1.165, 1.54) is 12.8 Å². The molecular weight excluding hydrogens is 216 g/mol. The van der Waals surface area contributed by atoms with Crippen LogP contribution in [0.4, 0.5) is 4.79 Å². The number of hydrogen-bond acceptors (Lipinski definition) is 2. The third kappa shape index (κ3) is 3.35. The first-order valence-electron chi connectivity index (χ1n) is 6.89. The molecule has 2 unspecified atom stereocenters. The highest BCUT2D eigenvalue weighted by Gasteiger charge is 2.29. The molecular formula is C13H24N2O2. The van der Waals surface area contributed by atoms with E-state index in [1.54, 1.807) is 7.11 Å². The van der Waals surface area contributed by atoms with Gasteiger partial charge in [-0.3, -0.25) is 0 Å². The average Bonchev–Trinajstić information content (AvgIpc) is 2.62. The minimum atomic E-state index is 0.112. The van der Waals surface area contributed by atoms with Gasteiger partial charge in [0.1, 0.15) is 0 Å². The quantitative estimate of drug-likeness (QED) is 0.803. The molecule has 1 saturated carbocycles. The Labute approximate surface area is 104 Å². The molecule has 0 aromatic heterocycles. The van der Waals surface area contributed by atoms with Gasteiger partial charge in [-0.05, 0) is 32.1 Å². The van der Waals surface area contributed by atoms with Crippen molar-refractivity contribution < 1.29 is 9.53 Å². The number of ether oxygens (including phenoxy) is 1. The summed E-state index contributed by atoms with van der Waals surface area (Å²) in [5, 5.41) is 3.14. The van der Waals surface area contributed by atoms with Gasteiger partial charge in [-0.1, -0.05) is 12.8 Å². The third-order valence-corrected chi connectivity index (χ3v) is 3.96. The number of likely N-dealkylation sites (tertiary alicyclic amines) is 1. The highest BCUT2D eigenvalue weighted by molar-refractivity contribution is 5.74. The van der Waals surface area contributed by atoms with E-state index in [0.717, 1.165) is 45.2 Å². The fourth-order valence-corrected chi connectivity index (χ4v) is 2.90. The van der Waals surface area contributed by atoms with Crippen LogP contribution in [-0.4, -0.2) is 43.3 Å². The van der Waals surface area contributed by atoms with Crippen molar-refractivity contribution in [2.45, 2.75) is 57.1 Å². The molecule has 1 saturated heterocycles. The maximum absolute atomic E-state index is 12.1. The molecule has 0 spiro atoms. The van der Waals surface area contributed by atoms with Gasteiger partial charge < -0.3 is 15.0 Å². The second-order valence-corrected chi connectivity index (χ2v) is 5.16. The molecule has 17 heavy (non-hydrogen) atoms. The molecule has 2 fully saturated rings. The minimum Gasteiger partial charge on any atom is -0.379 e. The molecule has 1 N–H and O–H groups in total. The summed E-state index contributed by atoms with van der Waals surface area (Å²) >= 11 is 0. The molecule has 0 radical (unpaired) electrons. The van der Waals surface area contributed by atoms with Crippen molar-refractivity contribution in [3.05, 3.63) is 0 Å². The van der Waals surface area contributed by atoms with Crippen LogP contribution in [0.5, 0.6) is 0 Å². The first-order valence-corrected chi connectivity index (χ1v) is 6.89. The van der Waals surface area contributed by atoms with Gasteiger partial charge in [-0.2, -0.15) is 0 Å². The number of methoxy groups -OCH3 is 1. The van der Waals surface area contributed by atoms with Gasteiger partial charge in [0.15, 0.2) is 0 Å². The molecule has 2 amide bonds. The van der Waals surface area contributed by atoms with Crippen LogP contribution < -0.4 is 5.32 Å². The molecule has 1 aliphatic carbocycles. The van der Waals surface area contributed by atoms with Gasteiger partial charge in [0.05, 0.1) is 12.1 Å². The van der Waals surface area contributed by atoms with Gasteiger partial charge in [0, 0.05) is 20.2 Å². The molecule has 0 aromatic rings. The summed E-state index contributed by atoms with van der Waals surface area (Å²) in [6.45, 7) is 1.83.